The predicted molar refractivity (Wildman–Crippen MR) is 122 cm³/mol. The highest BCUT2D eigenvalue weighted by molar-refractivity contribution is 6.05. The van der Waals surface area contributed by atoms with Gasteiger partial charge < -0.3 is 19.3 Å². The molecule has 2 amide bonds. The maximum absolute atomic E-state index is 13.1. The fourth-order valence-corrected chi connectivity index (χ4v) is 3.52. The minimum atomic E-state index is -0.444. The molecule has 9 heteroatoms. The zero-order valence-electron chi connectivity index (χ0n) is 18.4. The maximum Gasteiger partial charge on any atom is 0.294 e. The molecule has 0 fully saturated rings. The van der Waals surface area contributed by atoms with Crippen LogP contribution in [0.5, 0.6) is 11.5 Å². The van der Waals surface area contributed by atoms with Gasteiger partial charge in [-0.15, -0.1) is 0 Å². The van der Waals surface area contributed by atoms with Gasteiger partial charge in [0, 0.05) is 29.4 Å². The van der Waals surface area contributed by atoms with Gasteiger partial charge in [0.15, 0.2) is 11.5 Å². The van der Waals surface area contributed by atoms with E-state index in [0.29, 0.717) is 35.9 Å². The van der Waals surface area contributed by atoms with E-state index in [1.165, 1.54) is 17.3 Å². The number of hydrogen-bond donors (Lipinski definition) is 1. The van der Waals surface area contributed by atoms with Gasteiger partial charge in [-0.3, -0.25) is 9.59 Å². The number of hydrogen-bond acceptors (Lipinski definition) is 7. The summed E-state index contributed by atoms with van der Waals surface area (Å²) in [4.78, 5) is 25.3. The van der Waals surface area contributed by atoms with Gasteiger partial charge in [-0.2, -0.15) is 5.10 Å². The van der Waals surface area contributed by atoms with Gasteiger partial charge in [0.1, 0.15) is 0 Å². The molecule has 1 aromatic heterocycles. The first-order chi connectivity index (χ1) is 16.1. The molecule has 0 aliphatic carbocycles. The lowest BCUT2D eigenvalue weighted by Crippen LogP contribution is -2.32. The van der Waals surface area contributed by atoms with Gasteiger partial charge in [-0.1, -0.05) is 11.2 Å². The second kappa shape index (κ2) is 9.99. The third-order valence-electron chi connectivity index (χ3n) is 5.09. The molecule has 33 heavy (non-hydrogen) atoms. The number of nitrogens with zero attached hydrogens (tertiary/aromatic N) is 3. The van der Waals surface area contributed by atoms with Gasteiger partial charge in [0.05, 0.1) is 25.6 Å². The SMILES string of the molecule is CCOc1cc(C2=NN(C(=O)c3cccc(NC(=O)c4ccno4)c3)CCC2)ccc1OC. The van der Waals surface area contributed by atoms with Crippen molar-refractivity contribution in [2.75, 3.05) is 25.6 Å². The highest BCUT2D eigenvalue weighted by Gasteiger charge is 2.22. The number of carbonyl (C=O) groups is 2. The van der Waals surface area contributed by atoms with Crippen molar-refractivity contribution < 1.29 is 23.6 Å². The van der Waals surface area contributed by atoms with Gasteiger partial charge in [-0.25, -0.2) is 5.01 Å². The fourth-order valence-electron chi connectivity index (χ4n) is 3.52. The van der Waals surface area contributed by atoms with Gasteiger partial charge >= 0.3 is 0 Å². The van der Waals surface area contributed by atoms with E-state index in [9.17, 15) is 9.59 Å². The Morgan fingerprint density at radius 1 is 1.15 bits per heavy atom. The van der Waals surface area contributed by atoms with Gasteiger partial charge in [-0.05, 0) is 56.2 Å². The standard InChI is InChI=1S/C24H24N4O5/c1-3-32-22-15-16(9-10-20(22)31-2)19-8-5-13-28(27-19)24(30)17-6-4-7-18(14-17)26-23(29)21-11-12-25-33-21/h4,6-7,9-12,14-15H,3,5,8,13H2,1-2H3,(H,26,29). The first kappa shape index (κ1) is 22.1. The van der Waals surface area contributed by atoms with Crippen LogP contribution in [0.1, 0.15) is 46.2 Å². The highest BCUT2D eigenvalue weighted by Crippen LogP contribution is 2.29. The minimum Gasteiger partial charge on any atom is -0.493 e. The molecule has 3 aromatic rings. The summed E-state index contributed by atoms with van der Waals surface area (Å²) in [5, 5.41) is 12.3. The van der Waals surface area contributed by atoms with E-state index in [-0.39, 0.29) is 11.7 Å². The summed E-state index contributed by atoms with van der Waals surface area (Å²) in [6, 6.07) is 13.8. The van der Waals surface area contributed by atoms with Gasteiger partial charge in [0.2, 0.25) is 5.76 Å². The first-order valence-corrected chi connectivity index (χ1v) is 10.6. The van der Waals surface area contributed by atoms with Crippen molar-refractivity contribution in [1.82, 2.24) is 10.2 Å². The van der Waals surface area contributed by atoms with Crippen LogP contribution in [0.4, 0.5) is 5.69 Å². The molecule has 9 nitrogen and oxygen atoms in total. The maximum atomic E-state index is 13.1. The highest BCUT2D eigenvalue weighted by atomic mass is 16.5. The molecule has 0 saturated carbocycles. The Balaban J connectivity index is 1.53. The quantitative estimate of drug-likeness (QED) is 0.586. The number of rotatable bonds is 7. The van der Waals surface area contributed by atoms with Crippen LogP contribution in [-0.2, 0) is 0 Å². The molecular weight excluding hydrogens is 424 g/mol. The Morgan fingerprint density at radius 2 is 2.03 bits per heavy atom. The largest absolute Gasteiger partial charge is 0.493 e. The number of benzene rings is 2. The number of hydrazone groups is 1. The molecule has 0 spiro atoms. The van der Waals surface area contributed by atoms with E-state index in [0.717, 1.165) is 24.1 Å². The van der Waals surface area contributed by atoms with Crippen molar-refractivity contribution in [2.24, 2.45) is 5.10 Å². The zero-order valence-corrected chi connectivity index (χ0v) is 18.4. The van der Waals surface area contributed by atoms with E-state index in [2.05, 4.69) is 15.6 Å². The number of aromatic nitrogens is 1. The molecule has 0 atom stereocenters. The monoisotopic (exact) mass is 448 g/mol. The van der Waals surface area contributed by atoms with E-state index in [4.69, 9.17) is 14.0 Å². The summed E-state index contributed by atoms with van der Waals surface area (Å²) in [6.07, 6.45) is 2.92. The van der Waals surface area contributed by atoms with Crippen LogP contribution in [0.25, 0.3) is 0 Å². The van der Waals surface area contributed by atoms with Crippen molar-refractivity contribution in [3.8, 4) is 11.5 Å². The third kappa shape index (κ3) is 5.03. The van der Waals surface area contributed by atoms with Crippen molar-refractivity contribution >= 4 is 23.2 Å². The average Bonchev–Trinajstić information content (AvgIpc) is 3.39. The molecule has 1 aliphatic rings. The Morgan fingerprint density at radius 3 is 2.79 bits per heavy atom. The van der Waals surface area contributed by atoms with Crippen molar-refractivity contribution in [3.05, 3.63) is 71.6 Å². The molecule has 0 radical (unpaired) electrons. The van der Waals surface area contributed by atoms with Crippen molar-refractivity contribution in [2.45, 2.75) is 19.8 Å². The van der Waals surface area contributed by atoms with Crippen LogP contribution < -0.4 is 14.8 Å². The van der Waals surface area contributed by atoms with Crippen LogP contribution >= 0.6 is 0 Å². The van der Waals surface area contributed by atoms with Crippen LogP contribution in [-0.4, -0.2) is 48.0 Å². The van der Waals surface area contributed by atoms with Crippen LogP contribution in [0.3, 0.4) is 0 Å². The molecule has 2 heterocycles. The summed E-state index contributed by atoms with van der Waals surface area (Å²) in [6.45, 7) is 2.93. The normalized spacial score (nSPS) is 13.3. The Labute approximate surface area is 191 Å². The summed E-state index contributed by atoms with van der Waals surface area (Å²) in [5.74, 6) is 0.678. The molecular formula is C24H24N4O5. The average molecular weight is 448 g/mol. The van der Waals surface area contributed by atoms with Crippen LogP contribution in [0, 0.1) is 0 Å². The molecule has 1 aliphatic heterocycles. The number of methoxy groups -OCH3 is 1. The second-order valence-electron chi connectivity index (χ2n) is 7.29. The fraction of sp³-hybridized carbons (Fsp3) is 0.250. The molecule has 2 aromatic carbocycles. The number of amides is 2. The predicted octanol–water partition coefficient (Wildman–Crippen LogP) is 3.97. The van der Waals surface area contributed by atoms with E-state index >= 15 is 0 Å². The molecule has 170 valence electrons. The molecule has 1 N–H and O–H groups in total. The van der Waals surface area contributed by atoms with Crippen molar-refractivity contribution in [3.63, 3.8) is 0 Å². The molecule has 0 unspecified atom stereocenters. The molecule has 4 rings (SSSR count). The smallest absolute Gasteiger partial charge is 0.294 e. The van der Waals surface area contributed by atoms with Crippen LogP contribution in [0.2, 0.25) is 0 Å². The summed E-state index contributed by atoms with van der Waals surface area (Å²) >= 11 is 0. The van der Waals surface area contributed by atoms with E-state index in [1.807, 2.05) is 25.1 Å². The summed E-state index contributed by atoms with van der Waals surface area (Å²) in [5.41, 5.74) is 2.57. The van der Waals surface area contributed by atoms with E-state index in [1.54, 1.807) is 31.4 Å². The number of anilines is 1. The van der Waals surface area contributed by atoms with Crippen molar-refractivity contribution in [1.29, 1.82) is 0 Å². The minimum absolute atomic E-state index is 0.0860. The van der Waals surface area contributed by atoms with E-state index < -0.39 is 5.91 Å². The Bertz CT molecular complexity index is 1170. The van der Waals surface area contributed by atoms with Gasteiger partial charge in [0.25, 0.3) is 11.8 Å². The molecule has 0 bridgehead atoms. The Hall–Kier alpha value is -4.14. The lowest BCUT2D eigenvalue weighted by atomic mass is 10.0. The topological polar surface area (TPSA) is 106 Å². The summed E-state index contributed by atoms with van der Waals surface area (Å²) in [7, 11) is 1.60. The van der Waals surface area contributed by atoms with Crippen LogP contribution in [0.15, 0.2) is 64.4 Å². The zero-order chi connectivity index (χ0) is 23.2. The lowest BCUT2D eigenvalue weighted by molar-refractivity contribution is 0.0751. The first-order valence-electron chi connectivity index (χ1n) is 10.6. The summed E-state index contributed by atoms with van der Waals surface area (Å²) < 4.78 is 15.9. The lowest BCUT2D eigenvalue weighted by Gasteiger charge is -2.24. The number of nitrogens with one attached hydrogen (secondary N) is 1. The molecule has 0 saturated heterocycles. The Kier molecular flexibility index (Phi) is 6.68. The number of ether oxygens (including phenoxy) is 2. The third-order valence-corrected chi connectivity index (χ3v) is 5.09. The number of carbonyl (C=O) groups excluding carboxylic acids is 2. The second-order valence-corrected chi connectivity index (χ2v) is 7.29.